The lowest BCUT2D eigenvalue weighted by Gasteiger charge is -2.27. The van der Waals surface area contributed by atoms with Crippen molar-refractivity contribution in [2.24, 2.45) is 0 Å². The van der Waals surface area contributed by atoms with Crippen molar-refractivity contribution in [3.05, 3.63) is 35.4 Å². The summed E-state index contributed by atoms with van der Waals surface area (Å²) in [7, 11) is 0. The average molecular weight is 259 g/mol. The molecule has 2 amide bonds. The van der Waals surface area contributed by atoms with E-state index in [1.807, 2.05) is 0 Å². The Hall–Kier alpha value is -1.72. The van der Waals surface area contributed by atoms with Gasteiger partial charge < -0.3 is 5.32 Å². The minimum absolute atomic E-state index is 0.0463. The van der Waals surface area contributed by atoms with Gasteiger partial charge >= 0.3 is 0 Å². The predicted octanol–water partition coefficient (Wildman–Crippen LogP) is 0.582. The van der Waals surface area contributed by atoms with E-state index in [4.69, 9.17) is 0 Å². The standard InChI is InChI=1S/C14H17N3O2/c1-14(6-7-15-8-14)16-9-17-12(18)10-4-2-3-5-11(10)13(17)19/h2-5,15-16H,6-9H2,1H3. The van der Waals surface area contributed by atoms with Crippen molar-refractivity contribution in [3.8, 4) is 0 Å². The molecule has 0 saturated carbocycles. The molecular formula is C14H17N3O2. The van der Waals surface area contributed by atoms with E-state index in [2.05, 4.69) is 17.6 Å². The van der Waals surface area contributed by atoms with Crippen LogP contribution in [0.15, 0.2) is 24.3 Å². The minimum atomic E-state index is -0.206. The molecule has 2 aliphatic heterocycles. The molecule has 5 nitrogen and oxygen atoms in total. The van der Waals surface area contributed by atoms with Gasteiger partial charge in [0.15, 0.2) is 0 Å². The fraction of sp³-hybridized carbons (Fsp3) is 0.429. The summed E-state index contributed by atoms with van der Waals surface area (Å²) in [4.78, 5) is 25.6. The number of hydrogen-bond acceptors (Lipinski definition) is 4. The zero-order valence-electron chi connectivity index (χ0n) is 10.9. The number of hydrogen-bond donors (Lipinski definition) is 2. The van der Waals surface area contributed by atoms with Crippen molar-refractivity contribution in [1.82, 2.24) is 15.5 Å². The lowest BCUT2D eigenvalue weighted by atomic mass is 10.0. The molecule has 2 aliphatic rings. The molecule has 2 N–H and O–H groups in total. The Balaban J connectivity index is 1.74. The third-order valence-electron chi connectivity index (χ3n) is 3.91. The van der Waals surface area contributed by atoms with Crippen LogP contribution in [0.4, 0.5) is 0 Å². The van der Waals surface area contributed by atoms with E-state index in [0.29, 0.717) is 11.1 Å². The maximum absolute atomic E-state index is 12.2. The fourth-order valence-electron chi connectivity index (χ4n) is 2.62. The largest absolute Gasteiger partial charge is 0.315 e. The van der Waals surface area contributed by atoms with Gasteiger partial charge in [0.1, 0.15) is 0 Å². The van der Waals surface area contributed by atoms with E-state index in [1.54, 1.807) is 24.3 Å². The third-order valence-corrected chi connectivity index (χ3v) is 3.91. The first kappa shape index (κ1) is 12.3. The van der Waals surface area contributed by atoms with Crippen molar-refractivity contribution in [2.75, 3.05) is 19.8 Å². The van der Waals surface area contributed by atoms with Gasteiger partial charge in [-0.15, -0.1) is 0 Å². The van der Waals surface area contributed by atoms with Gasteiger partial charge in [0.25, 0.3) is 11.8 Å². The topological polar surface area (TPSA) is 61.4 Å². The minimum Gasteiger partial charge on any atom is -0.315 e. The van der Waals surface area contributed by atoms with Gasteiger partial charge in [0.05, 0.1) is 17.8 Å². The highest BCUT2D eigenvalue weighted by atomic mass is 16.2. The lowest BCUT2D eigenvalue weighted by molar-refractivity contribution is 0.0627. The first-order chi connectivity index (χ1) is 9.11. The number of carbonyl (C=O) groups is 2. The average Bonchev–Trinajstić information content (AvgIpc) is 2.94. The molecule has 0 bridgehead atoms. The summed E-state index contributed by atoms with van der Waals surface area (Å²) in [5.41, 5.74) is 0.961. The molecule has 19 heavy (non-hydrogen) atoms. The maximum Gasteiger partial charge on any atom is 0.262 e. The summed E-state index contributed by atoms with van der Waals surface area (Å²) in [6.07, 6.45) is 0.996. The van der Waals surface area contributed by atoms with Crippen LogP contribution in [0.25, 0.3) is 0 Å². The van der Waals surface area contributed by atoms with E-state index >= 15 is 0 Å². The van der Waals surface area contributed by atoms with E-state index in [1.165, 1.54) is 4.90 Å². The van der Waals surface area contributed by atoms with Crippen molar-refractivity contribution < 1.29 is 9.59 Å². The second-order valence-corrected chi connectivity index (χ2v) is 5.41. The van der Waals surface area contributed by atoms with Crippen molar-refractivity contribution in [1.29, 1.82) is 0 Å². The number of benzene rings is 1. The Bertz CT molecular complexity index is 500. The molecule has 0 radical (unpaired) electrons. The summed E-state index contributed by atoms with van der Waals surface area (Å²) >= 11 is 0. The van der Waals surface area contributed by atoms with Gasteiger partial charge in [-0.25, -0.2) is 0 Å². The number of nitrogens with zero attached hydrogens (tertiary/aromatic N) is 1. The summed E-state index contributed by atoms with van der Waals surface area (Å²) in [5.74, 6) is -0.412. The molecule has 0 aromatic heterocycles. The summed E-state index contributed by atoms with van der Waals surface area (Å²) in [5, 5.41) is 6.59. The Kier molecular flexibility index (Phi) is 2.88. The van der Waals surface area contributed by atoms with Crippen molar-refractivity contribution in [3.63, 3.8) is 0 Å². The normalized spacial score (nSPS) is 26.1. The Morgan fingerprint density at radius 2 is 1.89 bits per heavy atom. The summed E-state index contributed by atoms with van der Waals surface area (Å²) < 4.78 is 0. The van der Waals surface area contributed by atoms with Gasteiger partial charge in [0, 0.05) is 12.1 Å². The van der Waals surface area contributed by atoms with Gasteiger partial charge in [-0.3, -0.25) is 19.8 Å². The smallest absolute Gasteiger partial charge is 0.262 e. The maximum atomic E-state index is 12.2. The highest BCUT2D eigenvalue weighted by Crippen LogP contribution is 2.22. The Morgan fingerprint density at radius 3 is 2.42 bits per heavy atom. The molecular weight excluding hydrogens is 242 g/mol. The number of imide groups is 1. The molecule has 5 heteroatoms. The summed E-state index contributed by atoms with van der Waals surface area (Å²) in [6, 6.07) is 6.97. The molecule has 1 unspecified atom stereocenters. The number of amides is 2. The molecule has 0 aliphatic carbocycles. The van der Waals surface area contributed by atoms with Crippen LogP contribution in [0.5, 0.6) is 0 Å². The van der Waals surface area contributed by atoms with E-state index in [9.17, 15) is 9.59 Å². The Morgan fingerprint density at radius 1 is 1.26 bits per heavy atom. The van der Waals surface area contributed by atoms with Crippen LogP contribution in [-0.4, -0.2) is 42.0 Å². The number of fused-ring (bicyclic) bond motifs is 1. The lowest BCUT2D eigenvalue weighted by Crippen LogP contribution is -2.50. The van der Waals surface area contributed by atoms with E-state index in [0.717, 1.165) is 19.5 Å². The van der Waals surface area contributed by atoms with Crippen LogP contribution in [0.1, 0.15) is 34.1 Å². The Labute approximate surface area is 112 Å². The number of nitrogens with one attached hydrogen (secondary N) is 2. The van der Waals surface area contributed by atoms with Gasteiger partial charge in [-0.1, -0.05) is 12.1 Å². The monoisotopic (exact) mass is 259 g/mol. The van der Waals surface area contributed by atoms with E-state index < -0.39 is 0 Å². The van der Waals surface area contributed by atoms with Crippen LogP contribution in [0.3, 0.4) is 0 Å². The second kappa shape index (κ2) is 4.43. The van der Waals surface area contributed by atoms with Crippen molar-refractivity contribution in [2.45, 2.75) is 18.9 Å². The van der Waals surface area contributed by atoms with Gasteiger partial charge in [-0.2, -0.15) is 0 Å². The SMILES string of the molecule is CC1(NCN2C(=O)c3ccccc3C2=O)CCNC1. The zero-order chi connectivity index (χ0) is 13.5. The highest BCUT2D eigenvalue weighted by Gasteiger charge is 2.37. The zero-order valence-corrected chi connectivity index (χ0v) is 10.9. The first-order valence-electron chi connectivity index (χ1n) is 6.52. The highest BCUT2D eigenvalue weighted by molar-refractivity contribution is 6.21. The van der Waals surface area contributed by atoms with Crippen LogP contribution in [0, 0.1) is 0 Å². The molecule has 0 spiro atoms. The molecule has 2 heterocycles. The molecule has 1 atom stereocenters. The third kappa shape index (κ3) is 2.05. The molecule has 1 fully saturated rings. The quantitative estimate of drug-likeness (QED) is 0.780. The van der Waals surface area contributed by atoms with Gasteiger partial charge in [0.2, 0.25) is 0 Å². The van der Waals surface area contributed by atoms with Crippen LogP contribution in [0.2, 0.25) is 0 Å². The van der Waals surface area contributed by atoms with Crippen LogP contribution in [-0.2, 0) is 0 Å². The predicted molar refractivity (Wildman–Crippen MR) is 70.8 cm³/mol. The summed E-state index contributed by atoms with van der Waals surface area (Å²) in [6.45, 7) is 4.19. The number of carbonyl (C=O) groups excluding carboxylic acids is 2. The molecule has 1 saturated heterocycles. The fourth-order valence-corrected chi connectivity index (χ4v) is 2.62. The van der Waals surface area contributed by atoms with Crippen LogP contribution < -0.4 is 10.6 Å². The van der Waals surface area contributed by atoms with E-state index in [-0.39, 0.29) is 24.0 Å². The number of rotatable bonds is 3. The van der Waals surface area contributed by atoms with Crippen molar-refractivity contribution >= 4 is 11.8 Å². The molecule has 100 valence electrons. The van der Waals surface area contributed by atoms with Crippen LogP contribution >= 0.6 is 0 Å². The molecule has 3 rings (SSSR count). The molecule has 1 aromatic carbocycles. The van der Waals surface area contributed by atoms with Gasteiger partial charge in [-0.05, 0) is 32.0 Å². The molecule has 1 aromatic rings. The second-order valence-electron chi connectivity index (χ2n) is 5.41. The first-order valence-corrected chi connectivity index (χ1v) is 6.52.